The summed E-state index contributed by atoms with van der Waals surface area (Å²) in [6, 6.07) is 16.0. The lowest BCUT2D eigenvalue weighted by Gasteiger charge is -2.11. The lowest BCUT2D eigenvalue weighted by atomic mass is 9.92. The Morgan fingerprint density at radius 1 is 1.16 bits per heavy atom. The van der Waals surface area contributed by atoms with Gasteiger partial charge in [0.25, 0.3) is 0 Å². The van der Waals surface area contributed by atoms with Gasteiger partial charge in [-0.05, 0) is 16.9 Å². The first-order valence-corrected chi connectivity index (χ1v) is 7.11. The molecule has 1 aliphatic rings. The second-order valence-electron chi connectivity index (χ2n) is 4.74. The molecule has 98 valence electrons. The van der Waals surface area contributed by atoms with Gasteiger partial charge >= 0.3 is 0 Å². The highest BCUT2D eigenvalue weighted by Gasteiger charge is 2.58. The zero-order valence-electron chi connectivity index (χ0n) is 10.3. The Balaban J connectivity index is 1.96. The van der Waals surface area contributed by atoms with E-state index in [1.165, 1.54) is 0 Å². The van der Waals surface area contributed by atoms with Crippen LogP contribution in [0.15, 0.2) is 48.5 Å². The van der Waals surface area contributed by atoms with Gasteiger partial charge in [-0.25, -0.2) is 0 Å². The van der Waals surface area contributed by atoms with E-state index < -0.39 is 5.60 Å². The van der Waals surface area contributed by atoms with Gasteiger partial charge in [-0.15, -0.1) is 9.24 Å². The Bertz CT molecular complexity index is 601. The molecule has 0 bridgehead atoms. The van der Waals surface area contributed by atoms with E-state index in [4.69, 9.17) is 22.1 Å². The molecule has 0 saturated carbocycles. The van der Waals surface area contributed by atoms with Crippen LogP contribution >= 0.6 is 20.8 Å². The van der Waals surface area contributed by atoms with E-state index in [2.05, 4.69) is 21.4 Å². The minimum absolute atomic E-state index is 0.0541. The van der Waals surface area contributed by atoms with E-state index >= 15 is 0 Å². The molecule has 2 aromatic carbocycles. The fourth-order valence-corrected chi connectivity index (χ4v) is 2.86. The minimum atomic E-state index is -0.427. The predicted octanol–water partition coefficient (Wildman–Crippen LogP) is 2.77. The zero-order chi connectivity index (χ0) is 13.5. The lowest BCUT2D eigenvalue weighted by molar-refractivity contribution is 0.301. The van der Waals surface area contributed by atoms with Crippen molar-refractivity contribution in [3.05, 3.63) is 64.7 Å². The second kappa shape index (κ2) is 4.88. The molecule has 2 aromatic rings. The van der Waals surface area contributed by atoms with Crippen LogP contribution in [-0.2, 0) is 10.3 Å². The largest absolute Gasteiger partial charge is 0.354 e. The third kappa shape index (κ3) is 2.19. The number of rotatable bonds is 3. The zero-order valence-corrected chi connectivity index (χ0v) is 12.3. The summed E-state index contributed by atoms with van der Waals surface area (Å²) in [5.74, 6) is 0. The third-order valence-corrected chi connectivity index (χ3v) is 4.31. The fraction of sp³-hybridized carbons (Fsp3) is 0.200. The summed E-state index contributed by atoms with van der Waals surface area (Å²) in [6.45, 7) is 0.444. The van der Waals surface area contributed by atoms with Gasteiger partial charge in [0.2, 0.25) is 0 Å². The molecule has 3 unspecified atom stereocenters. The summed E-state index contributed by atoms with van der Waals surface area (Å²) in [5.41, 5.74) is 7.62. The summed E-state index contributed by atoms with van der Waals surface area (Å²) < 4.78 is 5.93. The van der Waals surface area contributed by atoms with Crippen LogP contribution in [0.3, 0.4) is 0 Å². The SMILES string of the molecule is NCC1(c2ccc(P)cc2)OC1c1ccccc1Cl. The van der Waals surface area contributed by atoms with Crippen molar-refractivity contribution in [1.82, 2.24) is 0 Å². The van der Waals surface area contributed by atoms with Gasteiger partial charge < -0.3 is 10.5 Å². The quantitative estimate of drug-likeness (QED) is 0.697. The molecule has 1 heterocycles. The monoisotopic (exact) mass is 291 g/mol. The number of epoxide rings is 1. The molecule has 0 aliphatic carbocycles. The summed E-state index contributed by atoms with van der Waals surface area (Å²) in [5, 5.41) is 1.87. The third-order valence-electron chi connectivity index (χ3n) is 3.58. The number of hydrogen-bond donors (Lipinski definition) is 1. The minimum Gasteiger partial charge on any atom is -0.354 e. The Labute approximate surface area is 120 Å². The van der Waals surface area contributed by atoms with Crippen molar-refractivity contribution in [2.45, 2.75) is 11.7 Å². The van der Waals surface area contributed by atoms with E-state index in [1.54, 1.807) is 0 Å². The summed E-state index contributed by atoms with van der Waals surface area (Å²) in [6.07, 6.45) is -0.0541. The fourth-order valence-electron chi connectivity index (χ4n) is 2.44. The average Bonchev–Trinajstić information content (AvgIpc) is 3.16. The van der Waals surface area contributed by atoms with Gasteiger partial charge in [0.05, 0.1) is 0 Å². The van der Waals surface area contributed by atoms with Gasteiger partial charge in [0.15, 0.2) is 0 Å². The van der Waals surface area contributed by atoms with Crippen LogP contribution in [0.4, 0.5) is 0 Å². The molecule has 0 radical (unpaired) electrons. The molecule has 0 spiro atoms. The highest BCUT2D eigenvalue weighted by Crippen LogP contribution is 2.57. The van der Waals surface area contributed by atoms with Gasteiger partial charge in [-0.2, -0.15) is 0 Å². The lowest BCUT2D eigenvalue weighted by Crippen LogP contribution is -2.22. The van der Waals surface area contributed by atoms with Crippen LogP contribution < -0.4 is 11.0 Å². The molecule has 4 heteroatoms. The van der Waals surface area contributed by atoms with Crippen molar-refractivity contribution < 1.29 is 4.74 Å². The molecule has 3 rings (SSSR count). The standard InChI is InChI=1S/C15H15ClNOP/c16-13-4-2-1-3-12(13)14-15(9-17,18-14)10-5-7-11(19)8-6-10/h1-8,14H,9,17,19H2. The number of benzene rings is 2. The van der Waals surface area contributed by atoms with Crippen molar-refractivity contribution in [2.24, 2.45) is 5.73 Å². The molecule has 2 N–H and O–H groups in total. The maximum absolute atomic E-state index is 6.23. The van der Waals surface area contributed by atoms with Crippen molar-refractivity contribution in [3.63, 3.8) is 0 Å². The normalized spacial score (nSPS) is 25.3. The van der Waals surface area contributed by atoms with E-state index in [9.17, 15) is 0 Å². The maximum Gasteiger partial charge on any atom is 0.137 e. The van der Waals surface area contributed by atoms with Crippen LogP contribution in [-0.4, -0.2) is 6.54 Å². The molecule has 0 aromatic heterocycles. The van der Waals surface area contributed by atoms with Crippen LogP contribution in [0, 0.1) is 0 Å². The first-order valence-electron chi connectivity index (χ1n) is 6.16. The molecular formula is C15H15ClNOP. The van der Waals surface area contributed by atoms with E-state index in [1.807, 2.05) is 36.4 Å². The molecule has 1 fully saturated rings. The Hall–Kier alpha value is -0.920. The predicted molar refractivity (Wildman–Crippen MR) is 81.8 cm³/mol. The topological polar surface area (TPSA) is 38.5 Å². The van der Waals surface area contributed by atoms with E-state index in [0.29, 0.717) is 6.54 Å². The van der Waals surface area contributed by atoms with Crippen molar-refractivity contribution in [3.8, 4) is 0 Å². The first kappa shape index (κ1) is 13.1. The van der Waals surface area contributed by atoms with E-state index in [-0.39, 0.29) is 6.10 Å². The van der Waals surface area contributed by atoms with Crippen LogP contribution in [0.25, 0.3) is 0 Å². The van der Waals surface area contributed by atoms with Gasteiger partial charge in [0, 0.05) is 17.1 Å². The number of halogens is 1. The van der Waals surface area contributed by atoms with Crippen LogP contribution in [0.2, 0.25) is 5.02 Å². The Morgan fingerprint density at radius 3 is 2.47 bits per heavy atom. The van der Waals surface area contributed by atoms with E-state index in [0.717, 1.165) is 21.5 Å². The average molecular weight is 292 g/mol. The molecule has 1 saturated heterocycles. The smallest absolute Gasteiger partial charge is 0.137 e. The molecule has 19 heavy (non-hydrogen) atoms. The van der Waals surface area contributed by atoms with Crippen LogP contribution in [0.1, 0.15) is 17.2 Å². The van der Waals surface area contributed by atoms with Crippen molar-refractivity contribution in [2.75, 3.05) is 6.54 Å². The van der Waals surface area contributed by atoms with Crippen LogP contribution in [0.5, 0.6) is 0 Å². The number of ether oxygens (including phenoxy) is 1. The Kier molecular flexibility index (Phi) is 3.36. The van der Waals surface area contributed by atoms with Crippen molar-refractivity contribution in [1.29, 1.82) is 0 Å². The summed E-state index contributed by atoms with van der Waals surface area (Å²) in [4.78, 5) is 0. The molecular weight excluding hydrogens is 277 g/mol. The molecule has 1 aliphatic heterocycles. The molecule has 0 amide bonds. The molecule has 3 atom stereocenters. The van der Waals surface area contributed by atoms with Gasteiger partial charge in [-0.1, -0.05) is 54.1 Å². The van der Waals surface area contributed by atoms with Gasteiger partial charge in [-0.3, -0.25) is 0 Å². The number of nitrogens with two attached hydrogens (primary N) is 1. The van der Waals surface area contributed by atoms with Crippen molar-refractivity contribution >= 4 is 26.1 Å². The summed E-state index contributed by atoms with van der Waals surface area (Å²) >= 11 is 6.23. The second-order valence-corrected chi connectivity index (χ2v) is 5.81. The van der Waals surface area contributed by atoms with Gasteiger partial charge in [0.1, 0.15) is 11.7 Å². The highest BCUT2D eigenvalue weighted by atomic mass is 35.5. The molecule has 2 nitrogen and oxygen atoms in total. The highest BCUT2D eigenvalue weighted by molar-refractivity contribution is 7.27. The maximum atomic E-state index is 6.23. The number of hydrogen-bond acceptors (Lipinski definition) is 2. The Morgan fingerprint density at radius 2 is 1.84 bits per heavy atom. The summed E-state index contributed by atoms with van der Waals surface area (Å²) in [7, 11) is 2.67. The first-order chi connectivity index (χ1) is 9.17.